The number of hydrogen-bond acceptors (Lipinski definition) is 3. The van der Waals surface area contributed by atoms with Gasteiger partial charge in [-0.25, -0.2) is 4.98 Å². The molecule has 1 heterocycles. The molecule has 2 rings (SSSR count). The molecule has 1 N–H and O–H groups in total. The molecule has 17 heavy (non-hydrogen) atoms. The molecule has 1 aromatic heterocycles. The highest BCUT2D eigenvalue weighted by Gasteiger charge is 2.11. The SMILES string of the molecule is CCc1csc(NC(CCl)c2ccccc2)n1. The van der Waals surface area contributed by atoms with Crippen molar-refractivity contribution < 1.29 is 0 Å². The second kappa shape index (κ2) is 6.03. The molecule has 1 atom stereocenters. The molecule has 0 amide bonds. The van der Waals surface area contributed by atoms with Gasteiger partial charge in [-0.2, -0.15) is 0 Å². The molecule has 0 spiro atoms. The first-order chi connectivity index (χ1) is 8.33. The number of alkyl halides is 1. The summed E-state index contributed by atoms with van der Waals surface area (Å²) in [5.74, 6) is 0.533. The maximum Gasteiger partial charge on any atom is 0.183 e. The summed E-state index contributed by atoms with van der Waals surface area (Å²) in [7, 11) is 0. The van der Waals surface area contributed by atoms with Crippen molar-refractivity contribution in [3.8, 4) is 0 Å². The van der Waals surface area contributed by atoms with Crippen LogP contribution in [0.15, 0.2) is 35.7 Å². The van der Waals surface area contributed by atoms with E-state index in [2.05, 4.69) is 34.7 Å². The van der Waals surface area contributed by atoms with Crippen LogP contribution in [0.3, 0.4) is 0 Å². The van der Waals surface area contributed by atoms with E-state index in [0.29, 0.717) is 5.88 Å². The zero-order valence-electron chi connectivity index (χ0n) is 9.69. The van der Waals surface area contributed by atoms with Crippen LogP contribution < -0.4 is 5.32 Å². The molecule has 0 radical (unpaired) electrons. The number of nitrogens with one attached hydrogen (secondary N) is 1. The van der Waals surface area contributed by atoms with Gasteiger partial charge in [0.25, 0.3) is 0 Å². The lowest BCUT2D eigenvalue weighted by Crippen LogP contribution is -2.12. The summed E-state index contributed by atoms with van der Waals surface area (Å²) in [5, 5.41) is 6.40. The summed E-state index contributed by atoms with van der Waals surface area (Å²) in [5.41, 5.74) is 2.31. The van der Waals surface area contributed by atoms with Crippen molar-refractivity contribution in [1.29, 1.82) is 0 Å². The normalized spacial score (nSPS) is 12.4. The molecule has 0 saturated carbocycles. The van der Waals surface area contributed by atoms with Crippen LogP contribution in [0.1, 0.15) is 24.2 Å². The maximum atomic E-state index is 6.01. The van der Waals surface area contributed by atoms with Gasteiger partial charge in [-0.05, 0) is 12.0 Å². The highest BCUT2D eigenvalue weighted by atomic mass is 35.5. The van der Waals surface area contributed by atoms with Crippen LogP contribution in [0.4, 0.5) is 5.13 Å². The van der Waals surface area contributed by atoms with Crippen molar-refractivity contribution in [1.82, 2.24) is 4.98 Å². The van der Waals surface area contributed by atoms with E-state index in [4.69, 9.17) is 11.6 Å². The molecular weight excluding hydrogens is 252 g/mol. The van der Waals surface area contributed by atoms with Crippen molar-refractivity contribution in [2.45, 2.75) is 19.4 Å². The maximum absolute atomic E-state index is 6.01. The number of aryl methyl sites for hydroxylation is 1. The van der Waals surface area contributed by atoms with Gasteiger partial charge in [0.15, 0.2) is 5.13 Å². The summed E-state index contributed by atoms with van der Waals surface area (Å²) < 4.78 is 0. The molecule has 2 nitrogen and oxygen atoms in total. The minimum atomic E-state index is 0.119. The summed E-state index contributed by atoms with van der Waals surface area (Å²) in [6.45, 7) is 2.11. The van der Waals surface area contributed by atoms with Crippen LogP contribution >= 0.6 is 22.9 Å². The van der Waals surface area contributed by atoms with Gasteiger partial charge in [0, 0.05) is 11.3 Å². The average molecular weight is 267 g/mol. The first-order valence-electron chi connectivity index (χ1n) is 5.65. The fraction of sp³-hybridized carbons (Fsp3) is 0.308. The lowest BCUT2D eigenvalue weighted by Gasteiger charge is -2.15. The first-order valence-corrected chi connectivity index (χ1v) is 7.06. The van der Waals surface area contributed by atoms with Crippen molar-refractivity contribution in [2.75, 3.05) is 11.2 Å². The number of nitrogens with zero attached hydrogens (tertiary/aromatic N) is 1. The van der Waals surface area contributed by atoms with Crippen LogP contribution in [-0.2, 0) is 6.42 Å². The van der Waals surface area contributed by atoms with Crippen molar-refractivity contribution in [2.24, 2.45) is 0 Å². The number of benzene rings is 1. The van der Waals surface area contributed by atoms with Gasteiger partial charge in [0.2, 0.25) is 0 Å². The van der Waals surface area contributed by atoms with Gasteiger partial charge in [-0.15, -0.1) is 22.9 Å². The molecule has 0 aliphatic rings. The number of aromatic nitrogens is 1. The smallest absolute Gasteiger partial charge is 0.183 e. The topological polar surface area (TPSA) is 24.9 Å². The second-order valence-corrected chi connectivity index (χ2v) is 4.93. The number of thiazole rings is 1. The Morgan fingerprint density at radius 3 is 2.71 bits per heavy atom. The Labute approximate surface area is 111 Å². The van der Waals surface area contributed by atoms with Gasteiger partial charge in [-0.3, -0.25) is 0 Å². The number of anilines is 1. The molecule has 0 aliphatic carbocycles. The summed E-state index contributed by atoms with van der Waals surface area (Å²) >= 11 is 7.64. The first kappa shape index (κ1) is 12.4. The lowest BCUT2D eigenvalue weighted by atomic mass is 10.1. The third-order valence-electron chi connectivity index (χ3n) is 2.57. The molecule has 90 valence electrons. The molecule has 1 unspecified atom stereocenters. The Balaban J connectivity index is 2.10. The zero-order chi connectivity index (χ0) is 12.1. The predicted molar refractivity (Wildman–Crippen MR) is 75.0 cm³/mol. The molecular formula is C13H15ClN2S. The van der Waals surface area contributed by atoms with E-state index in [0.717, 1.165) is 17.2 Å². The Morgan fingerprint density at radius 1 is 1.35 bits per heavy atom. The molecule has 0 saturated heterocycles. The van der Waals surface area contributed by atoms with Gasteiger partial charge >= 0.3 is 0 Å². The van der Waals surface area contributed by atoms with Crippen LogP contribution in [-0.4, -0.2) is 10.9 Å². The summed E-state index contributed by atoms with van der Waals surface area (Å²) in [6.07, 6.45) is 0.967. The molecule has 1 aromatic carbocycles. The van der Waals surface area contributed by atoms with E-state index in [1.807, 2.05) is 18.2 Å². The minimum absolute atomic E-state index is 0.119. The highest BCUT2D eigenvalue weighted by Crippen LogP contribution is 2.23. The Bertz CT molecular complexity index is 455. The molecule has 0 bridgehead atoms. The van der Waals surface area contributed by atoms with Crippen molar-refractivity contribution >= 4 is 28.1 Å². The number of rotatable bonds is 5. The van der Waals surface area contributed by atoms with Gasteiger partial charge < -0.3 is 5.32 Å². The second-order valence-electron chi connectivity index (χ2n) is 3.76. The summed E-state index contributed by atoms with van der Waals surface area (Å²) in [6, 6.07) is 10.3. The van der Waals surface area contributed by atoms with Gasteiger partial charge in [0.1, 0.15) is 0 Å². The van der Waals surface area contributed by atoms with E-state index in [1.54, 1.807) is 11.3 Å². The van der Waals surface area contributed by atoms with Crippen LogP contribution in [0, 0.1) is 0 Å². The van der Waals surface area contributed by atoms with E-state index < -0.39 is 0 Å². The Hall–Kier alpha value is -1.06. The standard InChI is InChI=1S/C13H15ClN2S/c1-2-11-9-17-13(15-11)16-12(8-14)10-6-4-3-5-7-10/h3-7,9,12H,2,8H2,1H3,(H,15,16). The van der Waals surface area contributed by atoms with E-state index >= 15 is 0 Å². The van der Waals surface area contributed by atoms with Crippen LogP contribution in [0.2, 0.25) is 0 Å². The Kier molecular flexibility index (Phi) is 4.40. The van der Waals surface area contributed by atoms with Crippen LogP contribution in [0.25, 0.3) is 0 Å². The third-order valence-corrected chi connectivity index (χ3v) is 3.70. The fourth-order valence-electron chi connectivity index (χ4n) is 1.58. The van der Waals surface area contributed by atoms with E-state index in [1.165, 1.54) is 5.56 Å². The van der Waals surface area contributed by atoms with Gasteiger partial charge in [0.05, 0.1) is 11.7 Å². The highest BCUT2D eigenvalue weighted by molar-refractivity contribution is 7.13. The number of halogens is 1. The predicted octanol–water partition coefficient (Wildman–Crippen LogP) is 4.10. The lowest BCUT2D eigenvalue weighted by molar-refractivity contribution is 0.886. The Morgan fingerprint density at radius 2 is 2.12 bits per heavy atom. The molecule has 4 heteroatoms. The van der Waals surface area contributed by atoms with Gasteiger partial charge in [-0.1, -0.05) is 37.3 Å². The molecule has 0 aliphatic heterocycles. The third kappa shape index (κ3) is 3.20. The molecule has 0 fully saturated rings. The monoisotopic (exact) mass is 266 g/mol. The summed E-state index contributed by atoms with van der Waals surface area (Å²) in [4.78, 5) is 4.49. The van der Waals surface area contributed by atoms with E-state index in [-0.39, 0.29) is 6.04 Å². The fourth-order valence-corrected chi connectivity index (χ4v) is 2.68. The number of hydrogen-bond donors (Lipinski definition) is 1. The van der Waals surface area contributed by atoms with E-state index in [9.17, 15) is 0 Å². The van der Waals surface area contributed by atoms with Crippen molar-refractivity contribution in [3.05, 3.63) is 47.0 Å². The van der Waals surface area contributed by atoms with Crippen molar-refractivity contribution in [3.63, 3.8) is 0 Å². The zero-order valence-corrected chi connectivity index (χ0v) is 11.3. The van der Waals surface area contributed by atoms with Crippen LogP contribution in [0.5, 0.6) is 0 Å². The largest absolute Gasteiger partial charge is 0.353 e. The molecule has 2 aromatic rings. The quantitative estimate of drug-likeness (QED) is 0.825. The average Bonchev–Trinajstić information content (AvgIpc) is 2.84. The minimum Gasteiger partial charge on any atom is -0.353 e.